The lowest BCUT2D eigenvalue weighted by Crippen LogP contribution is -2.24. The standard InChI is InChI=1S/C18H17BrClN3O2/c1-23(10-11-24-16-8-6-15(20)7-9-16)12-17-21-22-18(25-17)13-2-4-14(19)5-3-13/h2-9H,10-12H2,1H3. The molecule has 3 rings (SSSR count). The van der Waals surface area contributed by atoms with Gasteiger partial charge in [0, 0.05) is 21.6 Å². The van der Waals surface area contributed by atoms with E-state index >= 15 is 0 Å². The number of ether oxygens (including phenoxy) is 1. The Hall–Kier alpha value is -1.89. The lowest BCUT2D eigenvalue weighted by molar-refractivity contribution is 0.220. The second-order valence-electron chi connectivity index (χ2n) is 5.55. The minimum atomic E-state index is 0.522. The molecule has 2 aromatic carbocycles. The van der Waals surface area contributed by atoms with Crippen LogP contribution in [0.2, 0.25) is 5.02 Å². The van der Waals surface area contributed by atoms with Gasteiger partial charge in [-0.2, -0.15) is 0 Å². The maximum Gasteiger partial charge on any atom is 0.247 e. The predicted octanol–water partition coefficient (Wildman–Crippen LogP) is 4.66. The lowest BCUT2D eigenvalue weighted by Gasteiger charge is -2.14. The number of benzene rings is 2. The van der Waals surface area contributed by atoms with Crippen LogP contribution in [0.3, 0.4) is 0 Å². The van der Waals surface area contributed by atoms with Crippen LogP contribution in [0.4, 0.5) is 0 Å². The normalized spacial score (nSPS) is 11.0. The minimum Gasteiger partial charge on any atom is -0.492 e. The van der Waals surface area contributed by atoms with Gasteiger partial charge in [0.25, 0.3) is 0 Å². The van der Waals surface area contributed by atoms with Crippen molar-refractivity contribution in [1.82, 2.24) is 15.1 Å². The summed E-state index contributed by atoms with van der Waals surface area (Å²) in [6, 6.07) is 15.1. The fourth-order valence-corrected chi connectivity index (χ4v) is 2.58. The summed E-state index contributed by atoms with van der Waals surface area (Å²) in [4.78, 5) is 2.06. The minimum absolute atomic E-state index is 0.522. The van der Waals surface area contributed by atoms with E-state index in [1.807, 2.05) is 55.6 Å². The highest BCUT2D eigenvalue weighted by Gasteiger charge is 2.10. The van der Waals surface area contributed by atoms with E-state index in [-0.39, 0.29) is 0 Å². The second kappa shape index (κ2) is 8.47. The fraction of sp³-hybridized carbons (Fsp3) is 0.222. The average molecular weight is 423 g/mol. The van der Waals surface area contributed by atoms with Crippen molar-refractivity contribution in [3.05, 3.63) is 63.9 Å². The third-order valence-corrected chi connectivity index (χ3v) is 4.30. The van der Waals surface area contributed by atoms with Gasteiger partial charge in [0.2, 0.25) is 11.8 Å². The lowest BCUT2D eigenvalue weighted by atomic mass is 10.2. The highest BCUT2D eigenvalue weighted by atomic mass is 79.9. The number of hydrogen-bond donors (Lipinski definition) is 0. The Morgan fingerprint density at radius 1 is 1.08 bits per heavy atom. The third-order valence-electron chi connectivity index (χ3n) is 3.52. The largest absolute Gasteiger partial charge is 0.492 e. The Bertz CT molecular complexity index is 806. The van der Waals surface area contributed by atoms with Crippen molar-refractivity contribution >= 4 is 27.5 Å². The molecule has 0 aliphatic rings. The first kappa shape index (κ1) is 17.9. The number of likely N-dealkylation sites (N-methyl/N-ethyl adjacent to an activating group) is 1. The van der Waals surface area contributed by atoms with Gasteiger partial charge in [-0.3, -0.25) is 4.90 Å². The van der Waals surface area contributed by atoms with E-state index in [1.165, 1.54) is 0 Å². The summed E-state index contributed by atoms with van der Waals surface area (Å²) in [5.41, 5.74) is 0.899. The quantitative estimate of drug-likeness (QED) is 0.554. The van der Waals surface area contributed by atoms with E-state index in [1.54, 1.807) is 0 Å². The van der Waals surface area contributed by atoms with E-state index in [9.17, 15) is 0 Å². The molecule has 0 amide bonds. The Kier molecular flexibility index (Phi) is 6.07. The molecule has 0 saturated carbocycles. The van der Waals surface area contributed by atoms with Gasteiger partial charge in [-0.25, -0.2) is 0 Å². The topological polar surface area (TPSA) is 51.4 Å². The van der Waals surface area contributed by atoms with Gasteiger partial charge in [0.1, 0.15) is 12.4 Å². The number of aromatic nitrogens is 2. The molecule has 0 aliphatic carbocycles. The molecule has 0 fully saturated rings. The van der Waals surface area contributed by atoms with Crippen LogP contribution in [0.15, 0.2) is 57.4 Å². The SMILES string of the molecule is CN(CCOc1ccc(Cl)cc1)Cc1nnc(-c2ccc(Br)cc2)o1. The summed E-state index contributed by atoms with van der Waals surface area (Å²) in [6.07, 6.45) is 0. The highest BCUT2D eigenvalue weighted by Crippen LogP contribution is 2.21. The number of nitrogens with zero attached hydrogens (tertiary/aromatic N) is 3. The zero-order valence-corrected chi connectivity index (χ0v) is 16.0. The molecule has 3 aromatic rings. The molecule has 0 bridgehead atoms. The first-order valence-electron chi connectivity index (χ1n) is 7.75. The van der Waals surface area contributed by atoms with E-state index in [2.05, 4.69) is 31.0 Å². The Morgan fingerprint density at radius 3 is 2.52 bits per heavy atom. The first-order chi connectivity index (χ1) is 12.1. The predicted molar refractivity (Wildman–Crippen MR) is 101 cm³/mol. The van der Waals surface area contributed by atoms with Crippen LogP contribution in [0.25, 0.3) is 11.5 Å². The van der Waals surface area contributed by atoms with Crippen LogP contribution in [0.5, 0.6) is 5.75 Å². The second-order valence-corrected chi connectivity index (χ2v) is 6.90. The third kappa shape index (κ3) is 5.29. The summed E-state index contributed by atoms with van der Waals surface area (Å²) in [6.45, 7) is 1.86. The van der Waals surface area contributed by atoms with E-state index in [4.69, 9.17) is 20.8 Å². The summed E-state index contributed by atoms with van der Waals surface area (Å²) in [7, 11) is 1.98. The number of halogens is 2. The van der Waals surface area contributed by atoms with Crippen molar-refractivity contribution in [3.8, 4) is 17.2 Å². The van der Waals surface area contributed by atoms with Gasteiger partial charge in [-0.1, -0.05) is 27.5 Å². The molecule has 25 heavy (non-hydrogen) atoms. The van der Waals surface area contributed by atoms with Crippen LogP contribution < -0.4 is 4.74 Å². The summed E-state index contributed by atoms with van der Waals surface area (Å²) in [5.74, 6) is 1.90. The van der Waals surface area contributed by atoms with Crippen molar-refractivity contribution in [1.29, 1.82) is 0 Å². The van der Waals surface area contributed by atoms with Crippen LogP contribution >= 0.6 is 27.5 Å². The molecule has 1 heterocycles. The molecule has 0 aliphatic heterocycles. The van der Waals surface area contributed by atoms with Crippen LogP contribution in [-0.2, 0) is 6.54 Å². The number of hydrogen-bond acceptors (Lipinski definition) is 5. The molecule has 0 radical (unpaired) electrons. The molecule has 0 unspecified atom stereocenters. The molecule has 0 saturated heterocycles. The van der Waals surface area contributed by atoms with E-state index < -0.39 is 0 Å². The molecule has 7 heteroatoms. The van der Waals surface area contributed by atoms with E-state index in [0.717, 1.165) is 22.3 Å². The van der Waals surface area contributed by atoms with Gasteiger partial charge < -0.3 is 9.15 Å². The van der Waals surface area contributed by atoms with Gasteiger partial charge >= 0.3 is 0 Å². The molecular formula is C18H17BrClN3O2. The van der Waals surface area contributed by atoms with Crippen molar-refractivity contribution in [2.75, 3.05) is 20.2 Å². The van der Waals surface area contributed by atoms with Gasteiger partial charge in [0.05, 0.1) is 6.54 Å². The zero-order valence-electron chi connectivity index (χ0n) is 13.7. The van der Waals surface area contributed by atoms with Crippen molar-refractivity contribution in [3.63, 3.8) is 0 Å². The zero-order chi connectivity index (χ0) is 17.6. The highest BCUT2D eigenvalue weighted by molar-refractivity contribution is 9.10. The molecule has 5 nitrogen and oxygen atoms in total. The van der Waals surface area contributed by atoms with Gasteiger partial charge in [-0.05, 0) is 55.6 Å². The van der Waals surface area contributed by atoms with Gasteiger partial charge in [-0.15, -0.1) is 10.2 Å². The molecule has 130 valence electrons. The van der Waals surface area contributed by atoms with Crippen LogP contribution in [0.1, 0.15) is 5.89 Å². The fourth-order valence-electron chi connectivity index (χ4n) is 2.19. The molecular weight excluding hydrogens is 406 g/mol. The average Bonchev–Trinajstić information content (AvgIpc) is 3.06. The van der Waals surface area contributed by atoms with Crippen molar-refractivity contribution < 1.29 is 9.15 Å². The number of rotatable bonds is 7. The summed E-state index contributed by atoms with van der Waals surface area (Å²) in [5, 5.41) is 8.90. The van der Waals surface area contributed by atoms with Crippen molar-refractivity contribution in [2.45, 2.75) is 6.54 Å². The molecule has 0 N–H and O–H groups in total. The van der Waals surface area contributed by atoms with E-state index in [0.29, 0.717) is 30.0 Å². The van der Waals surface area contributed by atoms with Crippen LogP contribution in [-0.4, -0.2) is 35.3 Å². The van der Waals surface area contributed by atoms with Crippen LogP contribution in [0, 0.1) is 0 Å². The molecule has 0 atom stereocenters. The Labute approximate surface area is 159 Å². The first-order valence-corrected chi connectivity index (χ1v) is 8.92. The monoisotopic (exact) mass is 421 g/mol. The Morgan fingerprint density at radius 2 is 1.80 bits per heavy atom. The molecule has 1 aromatic heterocycles. The maximum atomic E-state index is 5.85. The summed E-state index contributed by atoms with van der Waals surface area (Å²) < 4.78 is 12.4. The maximum absolute atomic E-state index is 5.85. The van der Waals surface area contributed by atoms with Gasteiger partial charge in [0.15, 0.2) is 0 Å². The Balaban J connectivity index is 1.48. The molecule has 0 spiro atoms. The smallest absolute Gasteiger partial charge is 0.247 e. The summed E-state index contributed by atoms with van der Waals surface area (Å²) >= 11 is 9.26. The van der Waals surface area contributed by atoms with Crippen molar-refractivity contribution in [2.24, 2.45) is 0 Å².